The third-order valence-corrected chi connectivity index (χ3v) is 4.94. The lowest BCUT2D eigenvalue weighted by molar-refractivity contribution is -0.132. The summed E-state index contributed by atoms with van der Waals surface area (Å²) in [5.41, 5.74) is 2.12. The lowest BCUT2D eigenvalue weighted by atomic mass is 10.1. The smallest absolute Gasteiger partial charge is 0.223 e. The minimum absolute atomic E-state index is 0.229. The number of hydrogen-bond acceptors (Lipinski definition) is 3. The highest BCUT2D eigenvalue weighted by atomic mass is 16.2. The third-order valence-electron chi connectivity index (χ3n) is 4.94. The summed E-state index contributed by atoms with van der Waals surface area (Å²) in [7, 11) is 0. The molecule has 0 saturated carbocycles. The molecule has 2 aromatic heterocycles. The predicted octanol–water partition coefficient (Wildman–Crippen LogP) is 2.69. The molecule has 1 saturated heterocycles. The number of rotatable bonds is 6. The van der Waals surface area contributed by atoms with Gasteiger partial charge in [0.25, 0.3) is 0 Å². The summed E-state index contributed by atoms with van der Waals surface area (Å²) in [6.45, 7) is 1.64. The molecule has 134 valence electrons. The van der Waals surface area contributed by atoms with Crippen molar-refractivity contribution < 1.29 is 4.79 Å². The first-order chi connectivity index (χ1) is 12.8. The van der Waals surface area contributed by atoms with Crippen LogP contribution in [0.3, 0.4) is 0 Å². The molecule has 1 aliphatic heterocycles. The van der Waals surface area contributed by atoms with E-state index in [1.54, 1.807) is 6.20 Å². The van der Waals surface area contributed by atoms with E-state index in [1.165, 1.54) is 0 Å². The summed E-state index contributed by atoms with van der Waals surface area (Å²) in [5.74, 6) is 0.229. The van der Waals surface area contributed by atoms with E-state index in [2.05, 4.69) is 10.2 Å². The van der Waals surface area contributed by atoms with Gasteiger partial charge < -0.3 is 4.90 Å². The van der Waals surface area contributed by atoms with Gasteiger partial charge in [-0.15, -0.1) is 0 Å². The van der Waals surface area contributed by atoms with E-state index in [9.17, 15) is 4.79 Å². The van der Waals surface area contributed by atoms with E-state index < -0.39 is 0 Å². The number of hydrogen-bond donors (Lipinski definition) is 0. The number of benzene rings is 1. The molecule has 0 N–H and O–H groups in total. The summed E-state index contributed by atoms with van der Waals surface area (Å²) in [5, 5.41) is 8.67. The Morgan fingerprint density at radius 3 is 2.85 bits per heavy atom. The Morgan fingerprint density at radius 1 is 1.15 bits per heavy atom. The van der Waals surface area contributed by atoms with Gasteiger partial charge in [-0.2, -0.15) is 10.2 Å². The van der Waals surface area contributed by atoms with Crippen LogP contribution in [0.25, 0.3) is 5.69 Å². The second-order valence-electron chi connectivity index (χ2n) is 6.74. The molecule has 0 unspecified atom stereocenters. The Balaban J connectivity index is 1.34. The van der Waals surface area contributed by atoms with Crippen molar-refractivity contribution in [2.45, 2.75) is 38.3 Å². The largest absolute Gasteiger partial charge is 0.338 e. The van der Waals surface area contributed by atoms with E-state index in [-0.39, 0.29) is 11.9 Å². The standard InChI is InChI=1S/C20H23N5O/c26-20(24-13-4-8-19(24)16-23-12-5-11-21-23)10-9-17-14-22-25(15-17)18-6-2-1-3-7-18/h1-3,5-7,11-12,14-15,19H,4,8-10,13,16H2/t19-/m0/s1. The van der Waals surface area contributed by atoms with Crippen molar-refractivity contribution in [1.82, 2.24) is 24.5 Å². The first kappa shape index (κ1) is 16.6. The first-order valence-corrected chi connectivity index (χ1v) is 9.15. The number of carbonyl (C=O) groups is 1. The maximum Gasteiger partial charge on any atom is 0.223 e. The van der Waals surface area contributed by atoms with Gasteiger partial charge in [-0.05, 0) is 43.0 Å². The minimum Gasteiger partial charge on any atom is -0.338 e. The van der Waals surface area contributed by atoms with Crippen molar-refractivity contribution in [3.05, 3.63) is 66.7 Å². The Kier molecular flexibility index (Phi) is 4.82. The zero-order valence-corrected chi connectivity index (χ0v) is 14.7. The van der Waals surface area contributed by atoms with Crippen molar-refractivity contribution in [2.24, 2.45) is 0 Å². The van der Waals surface area contributed by atoms with Gasteiger partial charge in [-0.25, -0.2) is 4.68 Å². The fraction of sp³-hybridized carbons (Fsp3) is 0.350. The van der Waals surface area contributed by atoms with Crippen molar-refractivity contribution in [1.29, 1.82) is 0 Å². The van der Waals surface area contributed by atoms with Crippen molar-refractivity contribution in [3.63, 3.8) is 0 Å². The number of aromatic nitrogens is 4. The molecule has 1 amide bonds. The Hall–Kier alpha value is -2.89. The van der Waals surface area contributed by atoms with E-state index in [0.29, 0.717) is 6.42 Å². The molecule has 3 heterocycles. The van der Waals surface area contributed by atoms with Crippen molar-refractivity contribution in [3.8, 4) is 5.69 Å². The number of nitrogens with zero attached hydrogens (tertiary/aromatic N) is 5. The van der Waals surface area contributed by atoms with Crippen molar-refractivity contribution in [2.75, 3.05) is 6.54 Å². The van der Waals surface area contributed by atoms with Crippen molar-refractivity contribution >= 4 is 5.91 Å². The highest BCUT2D eigenvalue weighted by Crippen LogP contribution is 2.20. The molecule has 0 aliphatic carbocycles. The van der Waals surface area contributed by atoms with Gasteiger partial charge in [-0.3, -0.25) is 9.48 Å². The highest BCUT2D eigenvalue weighted by molar-refractivity contribution is 5.77. The zero-order chi connectivity index (χ0) is 17.8. The third kappa shape index (κ3) is 3.69. The Morgan fingerprint density at radius 2 is 2.04 bits per heavy atom. The molecule has 1 atom stereocenters. The minimum atomic E-state index is 0.229. The van der Waals surface area contributed by atoms with E-state index in [4.69, 9.17) is 0 Å². The molecule has 6 heteroatoms. The number of amides is 1. The average Bonchev–Trinajstić information content (AvgIpc) is 3.43. The second-order valence-corrected chi connectivity index (χ2v) is 6.74. The van der Waals surface area contributed by atoms with Gasteiger partial charge in [0.2, 0.25) is 5.91 Å². The lowest BCUT2D eigenvalue weighted by Crippen LogP contribution is -2.38. The molecule has 4 rings (SSSR count). The highest BCUT2D eigenvalue weighted by Gasteiger charge is 2.28. The molecule has 26 heavy (non-hydrogen) atoms. The van der Waals surface area contributed by atoms with Crippen LogP contribution in [0, 0.1) is 0 Å². The van der Waals surface area contributed by atoms with E-state index in [1.807, 2.05) is 69.3 Å². The van der Waals surface area contributed by atoms with Crippen LogP contribution in [0.4, 0.5) is 0 Å². The predicted molar refractivity (Wildman–Crippen MR) is 98.8 cm³/mol. The lowest BCUT2D eigenvalue weighted by Gasteiger charge is -2.24. The van der Waals surface area contributed by atoms with Gasteiger partial charge in [0.15, 0.2) is 0 Å². The van der Waals surface area contributed by atoms with Gasteiger partial charge in [-0.1, -0.05) is 18.2 Å². The second kappa shape index (κ2) is 7.56. The molecular formula is C20H23N5O. The van der Waals surface area contributed by atoms with Crippen LogP contribution in [-0.4, -0.2) is 43.0 Å². The summed E-state index contributed by atoms with van der Waals surface area (Å²) in [4.78, 5) is 14.7. The molecule has 0 spiro atoms. The molecule has 0 bridgehead atoms. The summed E-state index contributed by atoms with van der Waals surface area (Å²) >= 11 is 0. The van der Waals surface area contributed by atoms with E-state index >= 15 is 0 Å². The monoisotopic (exact) mass is 349 g/mol. The fourth-order valence-corrected chi connectivity index (χ4v) is 3.58. The average molecular weight is 349 g/mol. The quantitative estimate of drug-likeness (QED) is 0.687. The van der Waals surface area contributed by atoms with Crippen LogP contribution in [0.5, 0.6) is 0 Å². The van der Waals surface area contributed by atoms with Crippen LogP contribution < -0.4 is 0 Å². The Labute approximate surface area is 153 Å². The van der Waals surface area contributed by atoms with Gasteiger partial charge >= 0.3 is 0 Å². The maximum atomic E-state index is 12.7. The summed E-state index contributed by atoms with van der Waals surface area (Å²) in [6.07, 6.45) is 11.0. The number of para-hydroxylation sites is 1. The van der Waals surface area contributed by atoms with Gasteiger partial charge in [0, 0.05) is 31.6 Å². The SMILES string of the molecule is O=C(CCc1cnn(-c2ccccc2)c1)N1CCC[C@H]1Cn1cccn1. The van der Waals surface area contributed by atoms with Gasteiger partial charge in [0.05, 0.1) is 24.5 Å². The molecule has 6 nitrogen and oxygen atoms in total. The van der Waals surface area contributed by atoms with Crippen LogP contribution in [0.1, 0.15) is 24.8 Å². The topological polar surface area (TPSA) is 56.0 Å². The van der Waals surface area contributed by atoms with Crippen LogP contribution in [-0.2, 0) is 17.8 Å². The van der Waals surface area contributed by atoms with Crippen LogP contribution in [0.15, 0.2) is 61.2 Å². The normalized spacial score (nSPS) is 16.9. The number of carbonyl (C=O) groups excluding carboxylic acids is 1. The summed E-state index contributed by atoms with van der Waals surface area (Å²) < 4.78 is 3.77. The van der Waals surface area contributed by atoms with Crippen LogP contribution >= 0.6 is 0 Å². The molecule has 0 radical (unpaired) electrons. The molecule has 1 aliphatic rings. The summed E-state index contributed by atoms with van der Waals surface area (Å²) in [6, 6.07) is 12.2. The molecule has 3 aromatic rings. The number of likely N-dealkylation sites (tertiary alicyclic amines) is 1. The molecule has 1 fully saturated rings. The fourth-order valence-electron chi connectivity index (χ4n) is 3.58. The zero-order valence-electron chi connectivity index (χ0n) is 14.7. The van der Waals surface area contributed by atoms with E-state index in [0.717, 1.165) is 43.6 Å². The molecular weight excluding hydrogens is 326 g/mol. The first-order valence-electron chi connectivity index (χ1n) is 9.15. The number of aryl methyl sites for hydroxylation is 1. The Bertz CT molecular complexity index is 840. The van der Waals surface area contributed by atoms with Gasteiger partial charge in [0.1, 0.15) is 0 Å². The maximum absolute atomic E-state index is 12.7. The van der Waals surface area contributed by atoms with Crippen LogP contribution in [0.2, 0.25) is 0 Å². The molecule has 1 aromatic carbocycles.